The maximum Gasteiger partial charge on any atom is 0.226 e. The zero-order valence-corrected chi connectivity index (χ0v) is 10.0. The Kier molecular flexibility index (Phi) is 3.72. The lowest BCUT2D eigenvalue weighted by Crippen LogP contribution is -2.17. The number of anilines is 1. The summed E-state index contributed by atoms with van der Waals surface area (Å²) in [5, 5.41) is 6.79. The van der Waals surface area contributed by atoms with Crippen LogP contribution in [0.15, 0.2) is 42.7 Å². The van der Waals surface area contributed by atoms with Crippen molar-refractivity contribution >= 4 is 11.6 Å². The molecule has 0 aliphatic carbocycles. The van der Waals surface area contributed by atoms with Crippen LogP contribution in [-0.4, -0.2) is 15.7 Å². The minimum Gasteiger partial charge on any atom is -0.326 e. The molecular formula is C13H14FN3O. The molecule has 1 amide bonds. The molecule has 2 rings (SSSR count). The molecular weight excluding hydrogens is 233 g/mol. The molecule has 5 heteroatoms. The van der Waals surface area contributed by atoms with Gasteiger partial charge in [-0.05, 0) is 37.3 Å². The Bertz CT molecular complexity index is 508. The van der Waals surface area contributed by atoms with E-state index in [1.54, 1.807) is 10.9 Å². The van der Waals surface area contributed by atoms with Crippen molar-refractivity contribution < 1.29 is 9.18 Å². The van der Waals surface area contributed by atoms with Gasteiger partial charge in [-0.25, -0.2) is 4.39 Å². The van der Waals surface area contributed by atoms with E-state index < -0.39 is 0 Å². The monoisotopic (exact) mass is 247 g/mol. The predicted octanol–water partition coefficient (Wildman–Crippen LogP) is 2.61. The summed E-state index contributed by atoms with van der Waals surface area (Å²) < 4.78 is 14.4. The van der Waals surface area contributed by atoms with E-state index in [1.807, 2.05) is 19.2 Å². The molecule has 1 aromatic heterocycles. The molecule has 0 fully saturated rings. The van der Waals surface area contributed by atoms with E-state index in [2.05, 4.69) is 10.4 Å². The molecule has 1 N–H and O–H groups in total. The first-order valence-electron chi connectivity index (χ1n) is 5.69. The normalized spacial score (nSPS) is 12.1. The fourth-order valence-electron chi connectivity index (χ4n) is 1.65. The van der Waals surface area contributed by atoms with Crippen LogP contribution in [0.3, 0.4) is 0 Å². The third kappa shape index (κ3) is 3.16. The molecule has 0 saturated heterocycles. The van der Waals surface area contributed by atoms with Crippen molar-refractivity contribution in [1.29, 1.82) is 0 Å². The summed E-state index contributed by atoms with van der Waals surface area (Å²) >= 11 is 0. The van der Waals surface area contributed by atoms with Crippen LogP contribution in [0.5, 0.6) is 0 Å². The molecule has 2 aromatic rings. The highest BCUT2D eigenvalue weighted by atomic mass is 19.1. The van der Waals surface area contributed by atoms with E-state index in [9.17, 15) is 9.18 Å². The van der Waals surface area contributed by atoms with E-state index in [4.69, 9.17) is 0 Å². The van der Waals surface area contributed by atoms with Crippen LogP contribution in [0.2, 0.25) is 0 Å². The number of carbonyl (C=O) groups excluding carboxylic acids is 1. The molecule has 0 bridgehead atoms. The Labute approximate surface area is 104 Å². The van der Waals surface area contributed by atoms with Gasteiger partial charge in [-0.2, -0.15) is 5.10 Å². The SMILES string of the molecule is CC(CC(=O)Nc1ccc(F)cc1)n1cccn1. The Hall–Kier alpha value is -2.17. The van der Waals surface area contributed by atoms with Gasteiger partial charge in [0.1, 0.15) is 5.82 Å². The van der Waals surface area contributed by atoms with Crippen LogP contribution in [0.1, 0.15) is 19.4 Å². The molecule has 1 aromatic carbocycles. The summed E-state index contributed by atoms with van der Waals surface area (Å²) in [7, 11) is 0. The number of carbonyl (C=O) groups is 1. The van der Waals surface area contributed by atoms with Gasteiger partial charge in [-0.1, -0.05) is 0 Å². The first-order chi connectivity index (χ1) is 8.65. The van der Waals surface area contributed by atoms with E-state index in [1.165, 1.54) is 24.3 Å². The first kappa shape index (κ1) is 12.3. The molecule has 0 aliphatic heterocycles. The lowest BCUT2D eigenvalue weighted by atomic mass is 10.2. The first-order valence-corrected chi connectivity index (χ1v) is 5.69. The fraction of sp³-hybridized carbons (Fsp3) is 0.231. The van der Waals surface area contributed by atoms with Gasteiger partial charge in [0, 0.05) is 24.5 Å². The summed E-state index contributed by atoms with van der Waals surface area (Å²) in [6.45, 7) is 1.91. The molecule has 1 heterocycles. The fourth-order valence-corrected chi connectivity index (χ4v) is 1.65. The van der Waals surface area contributed by atoms with Crippen LogP contribution in [0, 0.1) is 5.82 Å². The molecule has 1 atom stereocenters. The quantitative estimate of drug-likeness (QED) is 0.902. The number of aromatic nitrogens is 2. The van der Waals surface area contributed by atoms with Crippen molar-refractivity contribution in [3.8, 4) is 0 Å². The summed E-state index contributed by atoms with van der Waals surface area (Å²) in [6, 6.07) is 7.49. The van der Waals surface area contributed by atoms with Crippen molar-refractivity contribution in [2.24, 2.45) is 0 Å². The number of nitrogens with one attached hydrogen (secondary N) is 1. The second kappa shape index (κ2) is 5.44. The number of benzene rings is 1. The standard InChI is InChI=1S/C13H14FN3O/c1-10(17-8-2-7-15-17)9-13(18)16-12-5-3-11(14)4-6-12/h2-8,10H,9H2,1H3,(H,16,18). The summed E-state index contributed by atoms with van der Waals surface area (Å²) in [5.74, 6) is -0.442. The van der Waals surface area contributed by atoms with Crippen molar-refractivity contribution in [1.82, 2.24) is 9.78 Å². The number of hydrogen-bond acceptors (Lipinski definition) is 2. The highest BCUT2D eigenvalue weighted by molar-refractivity contribution is 5.90. The second-order valence-electron chi connectivity index (χ2n) is 4.09. The summed E-state index contributed by atoms with van der Waals surface area (Å²) in [5.41, 5.74) is 0.592. The molecule has 18 heavy (non-hydrogen) atoms. The Morgan fingerprint density at radius 2 is 2.17 bits per heavy atom. The van der Waals surface area contributed by atoms with Crippen LogP contribution < -0.4 is 5.32 Å². The number of amides is 1. The lowest BCUT2D eigenvalue weighted by Gasteiger charge is -2.12. The van der Waals surface area contributed by atoms with Crippen molar-refractivity contribution in [2.75, 3.05) is 5.32 Å². The molecule has 0 radical (unpaired) electrons. The topological polar surface area (TPSA) is 46.9 Å². The molecule has 94 valence electrons. The average Bonchev–Trinajstić information content (AvgIpc) is 2.85. The van der Waals surface area contributed by atoms with Gasteiger partial charge in [0.25, 0.3) is 0 Å². The number of nitrogens with zero attached hydrogens (tertiary/aromatic N) is 2. The van der Waals surface area contributed by atoms with E-state index in [0.29, 0.717) is 12.1 Å². The van der Waals surface area contributed by atoms with Crippen LogP contribution in [0.4, 0.5) is 10.1 Å². The van der Waals surface area contributed by atoms with Crippen LogP contribution in [-0.2, 0) is 4.79 Å². The van der Waals surface area contributed by atoms with E-state index in [0.717, 1.165) is 0 Å². The van der Waals surface area contributed by atoms with Gasteiger partial charge < -0.3 is 5.32 Å². The van der Waals surface area contributed by atoms with Crippen molar-refractivity contribution in [3.05, 3.63) is 48.5 Å². The van der Waals surface area contributed by atoms with Crippen LogP contribution >= 0.6 is 0 Å². The van der Waals surface area contributed by atoms with Gasteiger partial charge in [0.15, 0.2) is 0 Å². The number of halogens is 1. The Morgan fingerprint density at radius 3 is 2.78 bits per heavy atom. The van der Waals surface area contributed by atoms with Crippen molar-refractivity contribution in [3.63, 3.8) is 0 Å². The smallest absolute Gasteiger partial charge is 0.226 e. The Balaban J connectivity index is 1.91. The Morgan fingerprint density at radius 1 is 1.44 bits per heavy atom. The zero-order chi connectivity index (χ0) is 13.0. The molecule has 0 spiro atoms. The molecule has 1 unspecified atom stereocenters. The van der Waals surface area contributed by atoms with Crippen LogP contribution in [0.25, 0.3) is 0 Å². The third-order valence-corrected chi connectivity index (χ3v) is 2.59. The maximum absolute atomic E-state index is 12.7. The molecule has 0 aliphatic rings. The second-order valence-corrected chi connectivity index (χ2v) is 4.09. The highest BCUT2D eigenvalue weighted by Gasteiger charge is 2.10. The summed E-state index contributed by atoms with van der Waals surface area (Å²) in [6.07, 6.45) is 3.81. The zero-order valence-electron chi connectivity index (χ0n) is 10.0. The minimum absolute atomic E-state index is 0.0135. The largest absolute Gasteiger partial charge is 0.326 e. The van der Waals surface area contributed by atoms with Gasteiger partial charge in [-0.3, -0.25) is 9.48 Å². The summed E-state index contributed by atoms with van der Waals surface area (Å²) in [4.78, 5) is 11.8. The molecule has 0 saturated carbocycles. The van der Waals surface area contributed by atoms with E-state index in [-0.39, 0.29) is 17.8 Å². The van der Waals surface area contributed by atoms with Gasteiger partial charge >= 0.3 is 0 Å². The number of hydrogen-bond donors (Lipinski definition) is 1. The lowest BCUT2D eigenvalue weighted by molar-refractivity contribution is -0.116. The maximum atomic E-state index is 12.7. The van der Waals surface area contributed by atoms with Crippen molar-refractivity contribution in [2.45, 2.75) is 19.4 Å². The molecule has 4 nitrogen and oxygen atoms in total. The number of rotatable bonds is 4. The predicted molar refractivity (Wildman–Crippen MR) is 66.6 cm³/mol. The highest BCUT2D eigenvalue weighted by Crippen LogP contribution is 2.12. The van der Waals surface area contributed by atoms with Gasteiger partial charge in [-0.15, -0.1) is 0 Å². The average molecular weight is 247 g/mol. The van der Waals surface area contributed by atoms with Gasteiger partial charge in [0.05, 0.1) is 6.04 Å². The van der Waals surface area contributed by atoms with Gasteiger partial charge in [0.2, 0.25) is 5.91 Å². The van der Waals surface area contributed by atoms with E-state index >= 15 is 0 Å². The minimum atomic E-state index is -0.321. The third-order valence-electron chi connectivity index (χ3n) is 2.59.